The van der Waals surface area contributed by atoms with E-state index in [0.717, 1.165) is 5.69 Å². The van der Waals surface area contributed by atoms with Gasteiger partial charge in [0.15, 0.2) is 0 Å². The average Bonchev–Trinajstić information content (AvgIpc) is 2.78. The SMILES string of the molecule is COC(=O)c1nccn1-c1ccccc1. The van der Waals surface area contributed by atoms with Gasteiger partial charge in [-0.15, -0.1) is 0 Å². The number of esters is 1. The second-order valence-corrected chi connectivity index (χ2v) is 2.95. The van der Waals surface area contributed by atoms with Crippen LogP contribution in [-0.2, 0) is 4.74 Å². The summed E-state index contributed by atoms with van der Waals surface area (Å²) in [5.41, 5.74) is 0.885. The molecule has 15 heavy (non-hydrogen) atoms. The minimum absolute atomic E-state index is 0.281. The molecule has 0 fully saturated rings. The van der Waals surface area contributed by atoms with E-state index in [9.17, 15) is 4.79 Å². The van der Waals surface area contributed by atoms with Crippen molar-refractivity contribution in [1.82, 2.24) is 9.55 Å². The molecule has 0 aliphatic rings. The Balaban J connectivity index is 2.46. The monoisotopic (exact) mass is 202 g/mol. The van der Waals surface area contributed by atoms with Gasteiger partial charge in [0, 0.05) is 18.1 Å². The number of rotatable bonds is 2. The Hall–Kier alpha value is -2.10. The van der Waals surface area contributed by atoms with Gasteiger partial charge < -0.3 is 4.74 Å². The summed E-state index contributed by atoms with van der Waals surface area (Å²) in [5, 5.41) is 0. The van der Waals surface area contributed by atoms with Crippen LogP contribution >= 0.6 is 0 Å². The fraction of sp³-hybridized carbons (Fsp3) is 0.0909. The molecule has 0 aliphatic carbocycles. The van der Waals surface area contributed by atoms with Crippen molar-refractivity contribution in [2.45, 2.75) is 0 Å². The van der Waals surface area contributed by atoms with Crippen LogP contribution in [0.1, 0.15) is 10.6 Å². The van der Waals surface area contributed by atoms with E-state index in [1.807, 2.05) is 30.3 Å². The van der Waals surface area contributed by atoms with Crippen molar-refractivity contribution in [2.24, 2.45) is 0 Å². The molecule has 0 aliphatic heterocycles. The van der Waals surface area contributed by atoms with Gasteiger partial charge >= 0.3 is 5.97 Å². The van der Waals surface area contributed by atoms with Gasteiger partial charge in [0.1, 0.15) is 0 Å². The van der Waals surface area contributed by atoms with E-state index in [1.54, 1.807) is 17.0 Å². The van der Waals surface area contributed by atoms with Crippen LogP contribution in [0.25, 0.3) is 5.69 Å². The average molecular weight is 202 g/mol. The molecule has 0 atom stereocenters. The molecule has 0 saturated carbocycles. The first-order valence-electron chi connectivity index (χ1n) is 4.50. The summed E-state index contributed by atoms with van der Waals surface area (Å²) in [5.74, 6) is -0.160. The fourth-order valence-electron chi connectivity index (χ4n) is 1.34. The predicted octanol–water partition coefficient (Wildman–Crippen LogP) is 1.66. The second kappa shape index (κ2) is 3.96. The number of carbonyl (C=O) groups is 1. The molecule has 0 spiro atoms. The van der Waals surface area contributed by atoms with Crippen LogP contribution in [0.2, 0.25) is 0 Å². The number of imidazole rings is 1. The zero-order valence-electron chi connectivity index (χ0n) is 8.25. The van der Waals surface area contributed by atoms with Crippen LogP contribution in [0.4, 0.5) is 0 Å². The fourth-order valence-corrected chi connectivity index (χ4v) is 1.34. The molecule has 0 unspecified atom stereocenters. The Morgan fingerprint density at radius 2 is 2.07 bits per heavy atom. The maximum atomic E-state index is 11.4. The van der Waals surface area contributed by atoms with Crippen molar-refractivity contribution in [3.8, 4) is 5.69 Å². The summed E-state index contributed by atoms with van der Waals surface area (Å²) in [6, 6.07) is 9.51. The van der Waals surface area contributed by atoms with Crippen molar-refractivity contribution < 1.29 is 9.53 Å². The van der Waals surface area contributed by atoms with Gasteiger partial charge in [-0.1, -0.05) is 18.2 Å². The maximum absolute atomic E-state index is 11.4. The van der Waals surface area contributed by atoms with Gasteiger partial charge in [0.2, 0.25) is 5.82 Å². The molecule has 76 valence electrons. The Labute approximate surface area is 87.1 Å². The van der Waals surface area contributed by atoms with E-state index < -0.39 is 5.97 Å². The smallest absolute Gasteiger partial charge is 0.374 e. The number of carbonyl (C=O) groups excluding carboxylic acids is 1. The second-order valence-electron chi connectivity index (χ2n) is 2.95. The van der Waals surface area contributed by atoms with E-state index in [1.165, 1.54) is 7.11 Å². The standard InChI is InChI=1S/C11H10N2O2/c1-15-11(14)10-12-7-8-13(10)9-5-3-2-4-6-9/h2-8H,1H3. The third-order valence-electron chi connectivity index (χ3n) is 2.04. The lowest BCUT2D eigenvalue weighted by Gasteiger charge is -2.05. The predicted molar refractivity (Wildman–Crippen MR) is 54.9 cm³/mol. The Kier molecular flexibility index (Phi) is 2.49. The molecule has 4 heteroatoms. The Morgan fingerprint density at radius 1 is 1.33 bits per heavy atom. The molecule has 2 aromatic rings. The van der Waals surface area contributed by atoms with Crippen LogP contribution in [0.5, 0.6) is 0 Å². The van der Waals surface area contributed by atoms with E-state index in [2.05, 4.69) is 9.72 Å². The van der Waals surface area contributed by atoms with Crippen LogP contribution < -0.4 is 0 Å². The number of hydrogen-bond acceptors (Lipinski definition) is 3. The lowest BCUT2D eigenvalue weighted by atomic mass is 10.3. The van der Waals surface area contributed by atoms with E-state index in [4.69, 9.17) is 0 Å². The highest BCUT2D eigenvalue weighted by Gasteiger charge is 2.13. The normalized spacial score (nSPS) is 9.93. The van der Waals surface area contributed by atoms with Crippen LogP contribution in [-0.4, -0.2) is 22.6 Å². The molecule has 0 amide bonds. The number of methoxy groups -OCH3 is 1. The van der Waals surface area contributed by atoms with Crippen LogP contribution in [0.15, 0.2) is 42.7 Å². The topological polar surface area (TPSA) is 44.1 Å². The summed E-state index contributed by atoms with van der Waals surface area (Å²) >= 11 is 0. The molecule has 0 saturated heterocycles. The largest absolute Gasteiger partial charge is 0.463 e. The van der Waals surface area contributed by atoms with Crippen molar-refractivity contribution in [2.75, 3.05) is 7.11 Å². The molecular formula is C11H10N2O2. The van der Waals surface area contributed by atoms with Gasteiger partial charge in [-0.05, 0) is 12.1 Å². The number of para-hydroxylation sites is 1. The molecule has 4 nitrogen and oxygen atoms in total. The van der Waals surface area contributed by atoms with Crippen molar-refractivity contribution in [3.63, 3.8) is 0 Å². The zero-order valence-corrected chi connectivity index (χ0v) is 8.25. The number of benzene rings is 1. The third-order valence-corrected chi connectivity index (χ3v) is 2.04. The highest BCUT2D eigenvalue weighted by Crippen LogP contribution is 2.10. The Bertz CT molecular complexity index is 462. The number of nitrogens with zero attached hydrogens (tertiary/aromatic N) is 2. The molecule has 0 bridgehead atoms. The maximum Gasteiger partial charge on any atom is 0.374 e. The lowest BCUT2D eigenvalue weighted by Crippen LogP contribution is -2.09. The van der Waals surface area contributed by atoms with Crippen LogP contribution in [0, 0.1) is 0 Å². The van der Waals surface area contributed by atoms with Gasteiger partial charge in [-0.25, -0.2) is 9.78 Å². The summed E-state index contributed by atoms with van der Waals surface area (Å²) in [6.45, 7) is 0. The van der Waals surface area contributed by atoms with Crippen molar-refractivity contribution >= 4 is 5.97 Å². The highest BCUT2D eigenvalue weighted by atomic mass is 16.5. The molecule has 1 heterocycles. The first-order chi connectivity index (χ1) is 7.33. The molecule has 0 radical (unpaired) electrons. The first-order valence-corrected chi connectivity index (χ1v) is 4.50. The molecule has 0 N–H and O–H groups in total. The zero-order chi connectivity index (χ0) is 10.7. The first kappa shape index (κ1) is 9.45. The number of ether oxygens (including phenoxy) is 1. The summed E-state index contributed by atoms with van der Waals surface area (Å²) in [4.78, 5) is 15.3. The van der Waals surface area contributed by atoms with Gasteiger partial charge in [-0.3, -0.25) is 4.57 Å². The van der Waals surface area contributed by atoms with Gasteiger partial charge in [-0.2, -0.15) is 0 Å². The molecular weight excluding hydrogens is 192 g/mol. The van der Waals surface area contributed by atoms with E-state index in [-0.39, 0.29) is 5.82 Å². The molecule has 1 aromatic carbocycles. The van der Waals surface area contributed by atoms with Gasteiger partial charge in [0.25, 0.3) is 0 Å². The quantitative estimate of drug-likeness (QED) is 0.695. The lowest BCUT2D eigenvalue weighted by molar-refractivity contribution is 0.0584. The number of aromatic nitrogens is 2. The summed E-state index contributed by atoms with van der Waals surface area (Å²) < 4.78 is 6.32. The minimum atomic E-state index is -0.441. The van der Waals surface area contributed by atoms with Crippen molar-refractivity contribution in [3.05, 3.63) is 48.5 Å². The van der Waals surface area contributed by atoms with Crippen molar-refractivity contribution in [1.29, 1.82) is 0 Å². The summed E-state index contributed by atoms with van der Waals surface area (Å²) in [6.07, 6.45) is 3.29. The number of hydrogen-bond donors (Lipinski definition) is 0. The molecule has 2 rings (SSSR count). The van der Waals surface area contributed by atoms with Gasteiger partial charge in [0.05, 0.1) is 7.11 Å². The summed E-state index contributed by atoms with van der Waals surface area (Å²) in [7, 11) is 1.34. The van der Waals surface area contributed by atoms with E-state index in [0.29, 0.717) is 0 Å². The van der Waals surface area contributed by atoms with Crippen LogP contribution in [0.3, 0.4) is 0 Å². The Morgan fingerprint density at radius 3 is 2.73 bits per heavy atom. The van der Waals surface area contributed by atoms with E-state index >= 15 is 0 Å². The molecule has 1 aromatic heterocycles. The minimum Gasteiger partial charge on any atom is -0.463 e. The third kappa shape index (κ3) is 1.74. The highest BCUT2D eigenvalue weighted by molar-refractivity contribution is 5.86.